The van der Waals surface area contributed by atoms with Crippen LogP contribution in [0.15, 0.2) is 24.3 Å². The molecule has 1 atom stereocenters. The van der Waals surface area contributed by atoms with Crippen LogP contribution in [0.2, 0.25) is 0 Å². The van der Waals surface area contributed by atoms with Crippen molar-refractivity contribution in [1.82, 2.24) is 5.32 Å². The molecule has 0 radical (unpaired) electrons. The molecule has 1 aromatic carbocycles. The maximum atomic E-state index is 12.1. The van der Waals surface area contributed by atoms with Gasteiger partial charge in [-0.3, -0.25) is 4.79 Å². The Morgan fingerprint density at radius 1 is 1.50 bits per heavy atom. The molecule has 18 heavy (non-hydrogen) atoms. The molecule has 100 valence electrons. The number of alkyl halides is 3. The highest BCUT2D eigenvalue weighted by molar-refractivity contribution is 6.18. The summed E-state index contributed by atoms with van der Waals surface area (Å²) < 4.78 is 28.4. The summed E-state index contributed by atoms with van der Waals surface area (Å²) in [6.45, 7) is -1.10. The maximum Gasteiger partial charge on any atom is 0.387 e. The van der Waals surface area contributed by atoms with Crippen molar-refractivity contribution >= 4 is 17.5 Å². The largest absolute Gasteiger partial charge is 0.435 e. The lowest BCUT2D eigenvalue weighted by Crippen LogP contribution is -2.26. The van der Waals surface area contributed by atoms with E-state index in [4.69, 9.17) is 11.6 Å². The van der Waals surface area contributed by atoms with Crippen LogP contribution in [-0.4, -0.2) is 18.4 Å². The topological polar surface area (TPSA) is 38.3 Å². The van der Waals surface area contributed by atoms with E-state index in [0.717, 1.165) is 0 Å². The minimum absolute atomic E-state index is 0.0703. The molecule has 0 spiro atoms. The molecule has 6 heteroatoms. The molecule has 0 saturated carbocycles. The number of ether oxygens (including phenoxy) is 1. The van der Waals surface area contributed by atoms with Gasteiger partial charge in [-0.2, -0.15) is 8.78 Å². The number of amides is 1. The second kappa shape index (κ2) is 7.16. The highest BCUT2D eigenvalue weighted by Crippen LogP contribution is 2.20. The summed E-state index contributed by atoms with van der Waals surface area (Å²) >= 11 is 5.44. The Hall–Kier alpha value is -1.36. The van der Waals surface area contributed by atoms with Gasteiger partial charge in [-0.1, -0.05) is 12.1 Å². The van der Waals surface area contributed by atoms with Crippen LogP contribution in [0.4, 0.5) is 8.78 Å². The van der Waals surface area contributed by atoms with Crippen LogP contribution in [-0.2, 0) is 4.79 Å². The zero-order valence-corrected chi connectivity index (χ0v) is 10.6. The highest BCUT2D eigenvalue weighted by Gasteiger charge is 2.11. The predicted octanol–water partition coefficient (Wildman–Crippen LogP) is 3.09. The molecule has 1 amide bonds. The fraction of sp³-hybridized carbons (Fsp3) is 0.417. The molecule has 1 aromatic rings. The van der Waals surface area contributed by atoms with Gasteiger partial charge in [0.1, 0.15) is 5.75 Å². The van der Waals surface area contributed by atoms with E-state index >= 15 is 0 Å². The zero-order valence-electron chi connectivity index (χ0n) is 9.83. The average Bonchev–Trinajstić information content (AvgIpc) is 2.28. The Bertz CT molecular complexity index is 401. The predicted molar refractivity (Wildman–Crippen MR) is 65.0 cm³/mol. The van der Waals surface area contributed by atoms with E-state index in [-0.39, 0.29) is 30.0 Å². The molecule has 0 aliphatic heterocycles. The van der Waals surface area contributed by atoms with E-state index in [1.165, 1.54) is 12.1 Å². The number of nitrogens with one attached hydrogen (secondary N) is 1. The number of rotatable bonds is 6. The molecule has 0 aliphatic carbocycles. The molecule has 1 rings (SSSR count). The molecule has 0 aromatic heterocycles. The van der Waals surface area contributed by atoms with Gasteiger partial charge >= 0.3 is 6.61 Å². The standard InChI is InChI=1S/C12H14ClF2NO2/c1-8(16-11(17)5-6-13)9-3-2-4-10(7-9)18-12(14)15/h2-4,7-8,12H,5-6H2,1H3,(H,16,17). The first kappa shape index (κ1) is 14.7. The summed E-state index contributed by atoms with van der Waals surface area (Å²) in [5.74, 6) is 0.131. The van der Waals surface area contributed by atoms with Gasteiger partial charge in [0.25, 0.3) is 0 Å². The first-order valence-electron chi connectivity index (χ1n) is 5.43. The summed E-state index contributed by atoms with van der Waals surface area (Å²) in [6.07, 6.45) is 0.221. The van der Waals surface area contributed by atoms with E-state index in [1.54, 1.807) is 19.1 Å². The van der Waals surface area contributed by atoms with Crippen LogP contribution < -0.4 is 10.1 Å². The van der Waals surface area contributed by atoms with Crippen molar-refractivity contribution in [2.45, 2.75) is 26.0 Å². The molecule has 0 heterocycles. The van der Waals surface area contributed by atoms with E-state index < -0.39 is 6.61 Å². The number of halogens is 3. The molecular weight excluding hydrogens is 264 g/mol. The van der Waals surface area contributed by atoms with Gasteiger partial charge in [0, 0.05) is 12.3 Å². The first-order valence-corrected chi connectivity index (χ1v) is 5.96. The Kier molecular flexibility index (Phi) is 5.85. The maximum absolute atomic E-state index is 12.1. The van der Waals surface area contributed by atoms with Crippen LogP contribution in [0.1, 0.15) is 24.9 Å². The van der Waals surface area contributed by atoms with Gasteiger partial charge in [0.05, 0.1) is 6.04 Å². The Labute approximate surface area is 109 Å². The van der Waals surface area contributed by atoms with Crippen molar-refractivity contribution in [2.75, 3.05) is 5.88 Å². The lowest BCUT2D eigenvalue weighted by atomic mass is 10.1. The zero-order chi connectivity index (χ0) is 13.5. The van der Waals surface area contributed by atoms with Gasteiger partial charge in [-0.15, -0.1) is 11.6 Å². The van der Waals surface area contributed by atoms with Crippen molar-refractivity contribution in [1.29, 1.82) is 0 Å². The number of carbonyl (C=O) groups is 1. The second-order valence-electron chi connectivity index (χ2n) is 3.68. The molecule has 3 nitrogen and oxygen atoms in total. The number of hydrogen-bond donors (Lipinski definition) is 1. The number of hydrogen-bond acceptors (Lipinski definition) is 2. The van der Waals surface area contributed by atoms with Crippen LogP contribution in [0.3, 0.4) is 0 Å². The van der Waals surface area contributed by atoms with Crippen molar-refractivity contribution < 1.29 is 18.3 Å². The van der Waals surface area contributed by atoms with Gasteiger partial charge < -0.3 is 10.1 Å². The summed E-state index contributed by atoms with van der Waals surface area (Å²) in [5.41, 5.74) is 0.691. The minimum atomic E-state index is -2.86. The summed E-state index contributed by atoms with van der Waals surface area (Å²) in [4.78, 5) is 11.3. The van der Waals surface area contributed by atoms with Crippen LogP contribution >= 0.6 is 11.6 Å². The third-order valence-corrected chi connectivity index (χ3v) is 2.47. The second-order valence-corrected chi connectivity index (χ2v) is 4.06. The van der Waals surface area contributed by atoms with Crippen LogP contribution in [0, 0.1) is 0 Å². The quantitative estimate of drug-likeness (QED) is 0.812. The number of benzene rings is 1. The lowest BCUT2D eigenvalue weighted by molar-refractivity contribution is -0.121. The molecule has 0 fully saturated rings. The van der Waals surface area contributed by atoms with Gasteiger partial charge in [0.15, 0.2) is 0 Å². The molecule has 0 bridgehead atoms. The molecule has 1 unspecified atom stereocenters. The Morgan fingerprint density at radius 2 is 2.22 bits per heavy atom. The Balaban J connectivity index is 2.67. The van der Waals surface area contributed by atoms with Gasteiger partial charge in [0.2, 0.25) is 5.91 Å². The normalized spacial score (nSPS) is 12.3. The molecule has 1 N–H and O–H groups in total. The van der Waals surface area contributed by atoms with E-state index in [1.807, 2.05) is 0 Å². The SMILES string of the molecule is CC(NC(=O)CCCl)c1cccc(OC(F)F)c1. The fourth-order valence-corrected chi connectivity index (χ4v) is 1.61. The summed E-state index contributed by atoms with van der Waals surface area (Å²) in [7, 11) is 0. The van der Waals surface area contributed by atoms with E-state index in [0.29, 0.717) is 5.56 Å². The Morgan fingerprint density at radius 3 is 2.83 bits per heavy atom. The summed E-state index contributed by atoms with van der Waals surface area (Å²) in [5, 5.41) is 2.71. The van der Waals surface area contributed by atoms with Crippen LogP contribution in [0.5, 0.6) is 5.75 Å². The average molecular weight is 278 g/mol. The summed E-state index contributed by atoms with van der Waals surface area (Å²) in [6, 6.07) is 5.93. The van der Waals surface area contributed by atoms with E-state index in [9.17, 15) is 13.6 Å². The van der Waals surface area contributed by atoms with Gasteiger partial charge in [-0.25, -0.2) is 0 Å². The third kappa shape index (κ3) is 4.87. The number of carbonyl (C=O) groups excluding carboxylic acids is 1. The van der Waals surface area contributed by atoms with Crippen molar-refractivity contribution in [3.05, 3.63) is 29.8 Å². The fourth-order valence-electron chi connectivity index (χ4n) is 1.44. The first-order chi connectivity index (χ1) is 8.52. The van der Waals surface area contributed by atoms with Crippen LogP contribution in [0.25, 0.3) is 0 Å². The smallest absolute Gasteiger partial charge is 0.387 e. The van der Waals surface area contributed by atoms with Gasteiger partial charge in [-0.05, 0) is 24.6 Å². The van der Waals surface area contributed by atoms with Crippen molar-refractivity contribution in [3.63, 3.8) is 0 Å². The molecule has 0 saturated heterocycles. The monoisotopic (exact) mass is 277 g/mol. The van der Waals surface area contributed by atoms with Crippen molar-refractivity contribution in [3.8, 4) is 5.75 Å². The highest BCUT2D eigenvalue weighted by atomic mass is 35.5. The minimum Gasteiger partial charge on any atom is -0.435 e. The molecular formula is C12H14ClF2NO2. The molecule has 0 aliphatic rings. The lowest BCUT2D eigenvalue weighted by Gasteiger charge is -2.15. The van der Waals surface area contributed by atoms with E-state index in [2.05, 4.69) is 10.1 Å². The van der Waals surface area contributed by atoms with Crippen molar-refractivity contribution in [2.24, 2.45) is 0 Å². The third-order valence-electron chi connectivity index (χ3n) is 2.28.